The van der Waals surface area contributed by atoms with E-state index < -0.39 is 13.6 Å². The molecule has 0 bridgehead atoms. The number of carbonyl (C=O) groups is 2. The van der Waals surface area contributed by atoms with Crippen LogP contribution in [0.15, 0.2) is 60.7 Å². The van der Waals surface area contributed by atoms with Gasteiger partial charge in [0.1, 0.15) is 11.5 Å². The summed E-state index contributed by atoms with van der Waals surface area (Å²) in [5, 5.41) is 17.3. The predicted octanol–water partition coefficient (Wildman–Crippen LogP) is 2.60. The van der Waals surface area contributed by atoms with Crippen LogP contribution in [0.5, 0.6) is 11.5 Å². The fraction of sp³-hybridized carbons (Fsp3) is 0.143. The van der Waals surface area contributed by atoms with Crippen LogP contribution in [0.3, 0.4) is 0 Å². The van der Waals surface area contributed by atoms with E-state index in [0.717, 1.165) is 11.1 Å². The summed E-state index contributed by atoms with van der Waals surface area (Å²) in [7, 11) is 0. The average molecular weight is 368 g/mol. The zero-order valence-corrected chi connectivity index (χ0v) is 14.6. The van der Waals surface area contributed by atoms with E-state index in [2.05, 4.69) is 0 Å². The maximum Gasteiger partial charge on any atom is 0.186 e. The van der Waals surface area contributed by atoms with Crippen LogP contribution >= 0.6 is 0 Å². The van der Waals surface area contributed by atoms with Crippen LogP contribution in [0, 0.1) is 0 Å². The van der Waals surface area contributed by atoms with Crippen LogP contribution in [-0.2, 0) is 9.59 Å². The van der Waals surface area contributed by atoms with Gasteiger partial charge in [-0.3, -0.25) is 9.59 Å². The highest BCUT2D eigenvalue weighted by atomic mass is 16.6. The standard InChI is InChI=1S/C21H20O6/c22-14-26-20-9-3-16(4-10-20)1-7-18(24)13-19(25)8-2-17-5-11-21(12-6-17)27-15-23/h1-12,22-23H,13-15H2. The van der Waals surface area contributed by atoms with E-state index in [4.69, 9.17) is 19.7 Å². The minimum absolute atomic E-state index is 0.218. The third-order valence-electron chi connectivity index (χ3n) is 3.49. The Bertz CT molecular complexity index is 734. The number of rotatable bonds is 10. The fourth-order valence-electron chi connectivity index (χ4n) is 2.17. The van der Waals surface area contributed by atoms with Crippen LogP contribution in [0.1, 0.15) is 17.5 Å². The second kappa shape index (κ2) is 10.7. The van der Waals surface area contributed by atoms with Crippen LogP contribution < -0.4 is 9.47 Å². The topological polar surface area (TPSA) is 93.1 Å². The van der Waals surface area contributed by atoms with Crippen LogP contribution in [0.2, 0.25) is 0 Å². The highest BCUT2D eigenvalue weighted by Crippen LogP contribution is 2.14. The number of ether oxygens (including phenoxy) is 2. The first-order valence-electron chi connectivity index (χ1n) is 8.20. The molecule has 0 aromatic heterocycles. The van der Waals surface area contributed by atoms with E-state index in [-0.39, 0.29) is 18.0 Å². The summed E-state index contributed by atoms with van der Waals surface area (Å²) in [5.41, 5.74) is 1.56. The van der Waals surface area contributed by atoms with Gasteiger partial charge >= 0.3 is 0 Å². The molecular formula is C21H20O6. The van der Waals surface area contributed by atoms with Crippen molar-refractivity contribution in [1.29, 1.82) is 0 Å². The molecule has 0 spiro atoms. The van der Waals surface area contributed by atoms with Gasteiger partial charge in [-0.25, -0.2) is 0 Å². The van der Waals surface area contributed by atoms with E-state index in [9.17, 15) is 9.59 Å². The molecule has 2 aromatic carbocycles. The zero-order chi connectivity index (χ0) is 19.5. The molecule has 27 heavy (non-hydrogen) atoms. The van der Waals surface area contributed by atoms with Crippen molar-refractivity contribution in [2.24, 2.45) is 0 Å². The summed E-state index contributed by atoms with van der Waals surface area (Å²) in [6.07, 6.45) is 5.72. The molecule has 0 saturated heterocycles. The van der Waals surface area contributed by atoms with Gasteiger partial charge in [-0.15, -0.1) is 0 Å². The number of hydrogen-bond donors (Lipinski definition) is 2. The van der Waals surface area contributed by atoms with E-state index >= 15 is 0 Å². The number of allylic oxidation sites excluding steroid dienone is 2. The van der Waals surface area contributed by atoms with Crippen molar-refractivity contribution < 1.29 is 29.3 Å². The summed E-state index contributed by atoms with van der Waals surface area (Å²) in [4.78, 5) is 23.8. The van der Waals surface area contributed by atoms with Gasteiger partial charge in [0.15, 0.2) is 25.2 Å². The number of aliphatic hydroxyl groups excluding tert-OH is 2. The minimum Gasteiger partial charge on any atom is -0.468 e. The van der Waals surface area contributed by atoms with Crippen molar-refractivity contribution in [3.8, 4) is 11.5 Å². The summed E-state index contributed by atoms with van der Waals surface area (Å²) in [6.45, 7) is -0.798. The van der Waals surface area contributed by atoms with Gasteiger partial charge in [0.2, 0.25) is 0 Å². The first-order chi connectivity index (χ1) is 13.1. The number of aliphatic hydroxyl groups is 2. The molecule has 0 atom stereocenters. The number of hydrogen-bond acceptors (Lipinski definition) is 6. The molecule has 140 valence electrons. The van der Waals surface area contributed by atoms with E-state index in [1.54, 1.807) is 60.7 Å². The predicted molar refractivity (Wildman–Crippen MR) is 101 cm³/mol. The van der Waals surface area contributed by atoms with Crippen molar-refractivity contribution in [2.75, 3.05) is 13.6 Å². The number of ketones is 2. The third-order valence-corrected chi connectivity index (χ3v) is 3.49. The molecular weight excluding hydrogens is 348 g/mol. The lowest BCUT2D eigenvalue weighted by molar-refractivity contribution is -0.121. The highest BCUT2D eigenvalue weighted by Gasteiger charge is 2.04. The molecule has 2 rings (SSSR count). The van der Waals surface area contributed by atoms with Gasteiger partial charge in [0.05, 0.1) is 6.42 Å². The maximum absolute atomic E-state index is 11.9. The molecule has 6 nitrogen and oxygen atoms in total. The molecule has 2 aromatic rings. The van der Waals surface area contributed by atoms with Gasteiger partial charge in [0.25, 0.3) is 0 Å². The normalized spacial score (nSPS) is 11.0. The molecule has 6 heteroatoms. The molecule has 2 N–H and O–H groups in total. The van der Waals surface area contributed by atoms with Gasteiger partial charge in [-0.2, -0.15) is 0 Å². The molecule has 0 aliphatic rings. The zero-order valence-electron chi connectivity index (χ0n) is 14.6. The quantitative estimate of drug-likeness (QED) is 0.380. The molecule has 0 amide bonds. The lowest BCUT2D eigenvalue weighted by atomic mass is 10.1. The Hall–Kier alpha value is -3.22. The summed E-state index contributed by atoms with van der Waals surface area (Å²) in [6, 6.07) is 13.6. The van der Waals surface area contributed by atoms with Gasteiger partial charge in [0, 0.05) is 0 Å². The van der Waals surface area contributed by atoms with Gasteiger partial charge in [-0.05, 0) is 47.5 Å². The van der Waals surface area contributed by atoms with Crippen molar-refractivity contribution in [1.82, 2.24) is 0 Å². The van der Waals surface area contributed by atoms with Gasteiger partial charge < -0.3 is 19.7 Å². The molecule has 0 fully saturated rings. The Kier molecular flexibility index (Phi) is 7.96. The second-order valence-electron chi connectivity index (χ2n) is 5.46. The van der Waals surface area contributed by atoms with Crippen molar-refractivity contribution >= 4 is 23.7 Å². The molecule has 0 heterocycles. The first-order valence-corrected chi connectivity index (χ1v) is 8.20. The Balaban J connectivity index is 1.84. The Morgan fingerprint density at radius 2 is 1.07 bits per heavy atom. The van der Waals surface area contributed by atoms with Crippen LogP contribution in [-0.4, -0.2) is 35.4 Å². The number of benzene rings is 2. The maximum atomic E-state index is 11.9. The largest absolute Gasteiger partial charge is 0.468 e. The Morgan fingerprint density at radius 1 is 0.704 bits per heavy atom. The summed E-state index contributed by atoms with van der Waals surface area (Å²) >= 11 is 0. The van der Waals surface area contributed by atoms with Crippen molar-refractivity contribution in [3.63, 3.8) is 0 Å². The molecule has 0 radical (unpaired) electrons. The van der Waals surface area contributed by atoms with Crippen molar-refractivity contribution in [2.45, 2.75) is 6.42 Å². The molecule has 0 aliphatic carbocycles. The average Bonchev–Trinajstić information content (AvgIpc) is 2.67. The van der Waals surface area contributed by atoms with E-state index in [1.165, 1.54) is 12.2 Å². The monoisotopic (exact) mass is 368 g/mol. The Labute approximate surface area is 157 Å². The Morgan fingerprint density at radius 3 is 1.41 bits per heavy atom. The number of carbonyl (C=O) groups excluding carboxylic acids is 2. The lowest BCUT2D eigenvalue weighted by Gasteiger charge is -2.01. The smallest absolute Gasteiger partial charge is 0.186 e. The third kappa shape index (κ3) is 7.27. The second-order valence-corrected chi connectivity index (χ2v) is 5.46. The summed E-state index contributed by atoms with van der Waals surface area (Å²) < 4.78 is 9.83. The van der Waals surface area contributed by atoms with Crippen LogP contribution in [0.25, 0.3) is 12.2 Å². The molecule has 0 saturated carbocycles. The highest BCUT2D eigenvalue weighted by molar-refractivity contribution is 6.10. The van der Waals surface area contributed by atoms with E-state index in [1.807, 2.05) is 0 Å². The molecule has 0 unspecified atom stereocenters. The molecule has 0 aliphatic heterocycles. The van der Waals surface area contributed by atoms with Crippen LogP contribution in [0.4, 0.5) is 0 Å². The van der Waals surface area contributed by atoms with Crippen molar-refractivity contribution in [3.05, 3.63) is 71.8 Å². The van der Waals surface area contributed by atoms with Gasteiger partial charge in [-0.1, -0.05) is 36.4 Å². The summed E-state index contributed by atoms with van der Waals surface area (Å²) in [5.74, 6) is 0.452. The lowest BCUT2D eigenvalue weighted by Crippen LogP contribution is -2.01. The first kappa shape index (κ1) is 20.1. The minimum atomic E-state index is -0.399. The fourth-order valence-corrected chi connectivity index (χ4v) is 2.17. The van der Waals surface area contributed by atoms with E-state index in [0.29, 0.717) is 11.5 Å². The SMILES string of the molecule is O=C(C=Cc1ccc(OCO)cc1)CC(=O)C=Cc1ccc(OCO)cc1.